The minimum atomic E-state index is -0.429. The lowest BCUT2D eigenvalue weighted by atomic mass is 10.2. The molecule has 1 saturated heterocycles. The molecule has 27 heavy (non-hydrogen) atoms. The SMILES string of the molecule is Cc1cc(NC(=O)c2nc(C(=O)N3CCCCCC3)n3ccccc23)no1. The van der Waals surface area contributed by atoms with E-state index in [1.165, 1.54) is 0 Å². The molecule has 4 heterocycles. The molecule has 0 atom stereocenters. The molecular formula is C19H21N5O3. The summed E-state index contributed by atoms with van der Waals surface area (Å²) in [6.45, 7) is 3.19. The number of rotatable bonds is 3. The number of anilines is 1. The molecule has 0 bridgehead atoms. The van der Waals surface area contributed by atoms with Crippen molar-refractivity contribution in [3.05, 3.63) is 47.7 Å². The number of pyridine rings is 1. The van der Waals surface area contributed by atoms with E-state index >= 15 is 0 Å². The molecule has 1 fully saturated rings. The van der Waals surface area contributed by atoms with Gasteiger partial charge in [0.1, 0.15) is 5.76 Å². The van der Waals surface area contributed by atoms with Crippen molar-refractivity contribution in [3.63, 3.8) is 0 Å². The summed E-state index contributed by atoms with van der Waals surface area (Å²) in [5, 5.41) is 6.44. The van der Waals surface area contributed by atoms with Gasteiger partial charge < -0.3 is 14.7 Å². The van der Waals surface area contributed by atoms with Crippen LogP contribution in [0.15, 0.2) is 35.0 Å². The molecule has 4 rings (SSSR count). The molecule has 1 N–H and O–H groups in total. The van der Waals surface area contributed by atoms with Gasteiger partial charge >= 0.3 is 0 Å². The number of amides is 2. The normalized spacial score (nSPS) is 14.9. The summed E-state index contributed by atoms with van der Waals surface area (Å²) in [5.41, 5.74) is 0.766. The van der Waals surface area contributed by atoms with E-state index in [2.05, 4.69) is 15.5 Å². The molecule has 0 aromatic carbocycles. The molecule has 0 radical (unpaired) electrons. The van der Waals surface area contributed by atoms with Crippen LogP contribution in [0.5, 0.6) is 0 Å². The van der Waals surface area contributed by atoms with E-state index in [0.717, 1.165) is 38.8 Å². The van der Waals surface area contributed by atoms with Crippen LogP contribution in [0.4, 0.5) is 5.82 Å². The first-order chi connectivity index (χ1) is 13.1. The van der Waals surface area contributed by atoms with Crippen LogP contribution in [0.1, 0.15) is 52.6 Å². The highest BCUT2D eigenvalue weighted by Crippen LogP contribution is 2.19. The van der Waals surface area contributed by atoms with Gasteiger partial charge in [-0.2, -0.15) is 0 Å². The number of fused-ring (bicyclic) bond motifs is 1. The van der Waals surface area contributed by atoms with E-state index < -0.39 is 5.91 Å². The molecule has 2 amide bonds. The van der Waals surface area contributed by atoms with Crippen molar-refractivity contribution in [3.8, 4) is 0 Å². The summed E-state index contributed by atoms with van der Waals surface area (Å²) >= 11 is 0. The third-order valence-corrected chi connectivity index (χ3v) is 4.72. The second-order valence-electron chi connectivity index (χ2n) is 6.72. The first-order valence-electron chi connectivity index (χ1n) is 9.14. The van der Waals surface area contributed by atoms with E-state index in [1.54, 1.807) is 29.7 Å². The smallest absolute Gasteiger partial charge is 0.290 e. The zero-order chi connectivity index (χ0) is 18.8. The van der Waals surface area contributed by atoms with Gasteiger partial charge in [-0.05, 0) is 31.9 Å². The third-order valence-electron chi connectivity index (χ3n) is 4.72. The van der Waals surface area contributed by atoms with Gasteiger partial charge in [0.2, 0.25) is 5.82 Å². The summed E-state index contributed by atoms with van der Waals surface area (Å²) in [7, 11) is 0. The molecule has 3 aromatic rings. The Morgan fingerprint density at radius 1 is 1.15 bits per heavy atom. The fourth-order valence-corrected chi connectivity index (χ4v) is 3.37. The Balaban J connectivity index is 1.68. The number of hydrogen-bond acceptors (Lipinski definition) is 5. The van der Waals surface area contributed by atoms with Crippen molar-refractivity contribution in [1.29, 1.82) is 0 Å². The minimum absolute atomic E-state index is 0.144. The van der Waals surface area contributed by atoms with Crippen molar-refractivity contribution >= 4 is 23.1 Å². The standard InChI is InChI=1S/C19H21N5O3/c1-13-12-15(22-27-13)20-18(25)16-14-8-4-7-11-24(14)17(21-16)19(26)23-9-5-2-3-6-10-23/h4,7-8,11-12H,2-3,5-6,9-10H2,1H3,(H,20,22,25). The first kappa shape index (κ1) is 17.3. The van der Waals surface area contributed by atoms with Gasteiger partial charge in [-0.3, -0.25) is 14.0 Å². The Kier molecular flexibility index (Phi) is 4.62. The summed E-state index contributed by atoms with van der Waals surface area (Å²) in [6, 6.07) is 7.03. The summed E-state index contributed by atoms with van der Waals surface area (Å²) in [6.07, 6.45) is 6.01. The Morgan fingerprint density at radius 3 is 2.63 bits per heavy atom. The van der Waals surface area contributed by atoms with E-state index in [-0.39, 0.29) is 17.4 Å². The average Bonchev–Trinajstić information content (AvgIpc) is 3.14. The highest BCUT2D eigenvalue weighted by molar-refractivity contribution is 6.08. The predicted octanol–water partition coefficient (Wildman–Crippen LogP) is 2.90. The van der Waals surface area contributed by atoms with Crippen LogP contribution >= 0.6 is 0 Å². The first-order valence-corrected chi connectivity index (χ1v) is 9.14. The number of likely N-dealkylation sites (tertiary alicyclic amines) is 1. The van der Waals surface area contributed by atoms with Crippen molar-refractivity contribution in [2.45, 2.75) is 32.6 Å². The molecule has 3 aromatic heterocycles. The van der Waals surface area contributed by atoms with Crippen LogP contribution in [-0.2, 0) is 0 Å². The van der Waals surface area contributed by atoms with E-state index in [4.69, 9.17) is 4.52 Å². The second kappa shape index (κ2) is 7.22. The van der Waals surface area contributed by atoms with Crippen LogP contribution < -0.4 is 5.32 Å². The van der Waals surface area contributed by atoms with Crippen LogP contribution in [-0.4, -0.2) is 44.3 Å². The van der Waals surface area contributed by atoms with E-state index in [0.29, 0.717) is 17.1 Å². The lowest BCUT2D eigenvalue weighted by Gasteiger charge is -2.19. The van der Waals surface area contributed by atoms with E-state index in [9.17, 15) is 9.59 Å². The molecule has 0 saturated carbocycles. The number of carbonyl (C=O) groups excluding carboxylic acids is 2. The second-order valence-corrected chi connectivity index (χ2v) is 6.72. The minimum Gasteiger partial charge on any atom is -0.360 e. The molecule has 0 unspecified atom stereocenters. The van der Waals surface area contributed by atoms with E-state index in [1.807, 2.05) is 17.0 Å². The molecule has 0 aliphatic carbocycles. The number of nitrogens with zero attached hydrogens (tertiary/aromatic N) is 4. The van der Waals surface area contributed by atoms with Crippen LogP contribution in [0.2, 0.25) is 0 Å². The van der Waals surface area contributed by atoms with Crippen LogP contribution in [0, 0.1) is 6.92 Å². The van der Waals surface area contributed by atoms with Crippen molar-refractivity contribution in [1.82, 2.24) is 19.4 Å². The maximum absolute atomic E-state index is 13.0. The highest BCUT2D eigenvalue weighted by atomic mass is 16.5. The number of aromatic nitrogens is 3. The maximum Gasteiger partial charge on any atom is 0.290 e. The summed E-state index contributed by atoms with van der Waals surface area (Å²) in [5.74, 6) is 0.595. The quantitative estimate of drug-likeness (QED) is 0.768. The summed E-state index contributed by atoms with van der Waals surface area (Å²) in [4.78, 5) is 32.0. The molecule has 140 valence electrons. The number of nitrogens with one attached hydrogen (secondary N) is 1. The molecule has 1 aliphatic rings. The van der Waals surface area contributed by atoms with Gasteiger partial charge in [0.05, 0.1) is 5.52 Å². The van der Waals surface area contributed by atoms with Crippen LogP contribution in [0.3, 0.4) is 0 Å². The Hall–Kier alpha value is -3.16. The molecular weight excluding hydrogens is 346 g/mol. The third kappa shape index (κ3) is 3.42. The van der Waals surface area contributed by atoms with Gasteiger partial charge in [0.25, 0.3) is 11.8 Å². The van der Waals surface area contributed by atoms with Crippen molar-refractivity contribution in [2.24, 2.45) is 0 Å². The predicted molar refractivity (Wildman–Crippen MR) is 98.8 cm³/mol. The lowest BCUT2D eigenvalue weighted by molar-refractivity contribution is 0.0748. The number of hydrogen-bond donors (Lipinski definition) is 1. The lowest BCUT2D eigenvalue weighted by Crippen LogP contribution is -2.33. The van der Waals surface area contributed by atoms with Gasteiger partial charge in [0, 0.05) is 25.4 Å². The number of carbonyl (C=O) groups is 2. The van der Waals surface area contributed by atoms with Crippen molar-refractivity contribution in [2.75, 3.05) is 18.4 Å². The Labute approximate surface area is 156 Å². The average molecular weight is 367 g/mol. The zero-order valence-corrected chi connectivity index (χ0v) is 15.1. The highest BCUT2D eigenvalue weighted by Gasteiger charge is 2.26. The number of imidazole rings is 1. The topological polar surface area (TPSA) is 92.7 Å². The molecule has 1 aliphatic heterocycles. The maximum atomic E-state index is 13.0. The molecule has 8 heteroatoms. The van der Waals surface area contributed by atoms with Crippen LogP contribution in [0.25, 0.3) is 5.52 Å². The van der Waals surface area contributed by atoms with Crippen molar-refractivity contribution < 1.29 is 14.1 Å². The fourth-order valence-electron chi connectivity index (χ4n) is 3.37. The summed E-state index contributed by atoms with van der Waals surface area (Å²) < 4.78 is 6.65. The number of aryl methyl sites for hydroxylation is 1. The van der Waals surface area contributed by atoms with Gasteiger partial charge in [-0.25, -0.2) is 4.98 Å². The Morgan fingerprint density at radius 2 is 1.93 bits per heavy atom. The van der Waals surface area contributed by atoms with Gasteiger partial charge in [-0.15, -0.1) is 0 Å². The largest absolute Gasteiger partial charge is 0.360 e. The molecule has 0 spiro atoms. The zero-order valence-electron chi connectivity index (χ0n) is 15.1. The monoisotopic (exact) mass is 367 g/mol. The Bertz CT molecular complexity index is 982. The fraction of sp³-hybridized carbons (Fsp3) is 0.368. The van der Waals surface area contributed by atoms with Gasteiger partial charge in [0.15, 0.2) is 11.5 Å². The molecule has 8 nitrogen and oxygen atoms in total. The van der Waals surface area contributed by atoms with Gasteiger partial charge in [-0.1, -0.05) is 24.1 Å².